The average molecular weight is 533 g/mol. The number of ether oxygens (including phenoxy) is 3. The highest BCUT2D eigenvalue weighted by Gasteiger charge is 2.49. The standard InChI is InChI=1S/C30H32N2O5S/c1-17-27(30(34)37-20-9-11-36-12-10-20)28(18-7-8-22-26(15-18)38-16-31-22)29-23(32-17)13-19(14-24(29)33)21-5-3-4-6-25(21)35-2/h3-8,15-16,19-20,23,28-29,32H,9-14H2,1-2H3/t19-,23?,28-,29?/m1/s1. The lowest BCUT2D eigenvalue weighted by atomic mass is 9.64. The fourth-order valence-corrected chi connectivity index (χ4v) is 7.17. The van der Waals surface area contributed by atoms with E-state index in [2.05, 4.69) is 22.4 Å². The number of hydrogen-bond acceptors (Lipinski definition) is 8. The molecule has 2 aromatic carbocycles. The number of ketones is 1. The SMILES string of the molecule is COc1ccccc1[C@H]1CC(=O)C2C(C1)NC(C)=C(C(=O)OC1CCOCC1)[C@H]2c1ccc2ncsc2c1. The number of para-hydroxylation sites is 1. The lowest BCUT2D eigenvalue weighted by Crippen LogP contribution is -2.52. The molecule has 3 aliphatic rings. The van der Waals surface area contributed by atoms with Gasteiger partial charge in [-0.15, -0.1) is 11.3 Å². The molecule has 6 rings (SSSR count). The van der Waals surface area contributed by atoms with Crippen molar-refractivity contribution in [3.05, 3.63) is 70.4 Å². The van der Waals surface area contributed by atoms with Crippen LogP contribution >= 0.6 is 11.3 Å². The van der Waals surface area contributed by atoms with Crippen LogP contribution in [-0.2, 0) is 19.1 Å². The number of nitrogens with zero attached hydrogens (tertiary/aromatic N) is 1. The molecule has 1 saturated carbocycles. The lowest BCUT2D eigenvalue weighted by molar-refractivity contribution is -0.149. The van der Waals surface area contributed by atoms with Crippen molar-refractivity contribution in [1.29, 1.82) is 0 Å². The maximum Gasteiger partial charge on any atom is 0.336 e. The van der Waals surface area contributed by atoms with Gasteiger partial charge in [-0.05, 0) is 48.6 Å². The highest BCUT2D eigenvalue weighted by atomic mass is 32.1. The van der Waals surface area contributed by atoms with E-state index in [1.54, 1.807) is 18.4 Å². The van der Waals surface area contributed by atoms with Crippen LogP contribution in [0.5, 0.6) is 5.75 Å². The molecule has 8 heteroatoms. The van der Waals surface area contributed by atoms with Crippen molar-refractivity contribution in [2.75, 3.05) is 20.3 Å². The summed E-state index contributed by atoms with van der Waals surface area (Å²) in [6, 6.07) is 13.9. The van der Waals surface area contributed by atoms with Crippen LogP contribution < -0.4 is 10.1 Å². The Morgan fingerprint density at radius 1 is 1.16 bits per heavy atom. The van der Waals surface area contributed by atoms with Crippen molar-refractivity contribution in [3.63, 3.8) is 0 Å². The van der Waals surface area contributed by atoms with Gasteiger partial charge in [0.25, 0.3) is 0 Å². The summed E-state index contributed by atoms with van der Waals surface area (Å²) in [6.07, 6.45) is 2.39. The normalized spacial score (nSPS) is 26.1. The first-order chi connectivity index (χ1) is 18.5. The molecule has 198 valence electrons. The van der Waals surface area contributed by atoms with E-state index in [0.29, 0.717) is 38.0 Å². The molecular formula is C30H32N2O5S. The smallest absolute Gasteiger partial charge is 0.336 e. The fourth-order valence-electron chi connectivity index (χ4n) is 6.44. The highest BCUT2D eigenvalue weighted by Crippen LogP contribution is 2.48. The van der Waals surface area contributed by atoms with Crippen LogP contribution in [-0.4, -0.2) is 49.2 Å². The zero-order valence-electron chi connectivity index (χ0n) is 21.6. The molecule has 0 spiro atoms. The van der Waals surface area contributed by atoms with Gasteiger partial charge in [-0.2, -0.15) is 0 Å². The fraction of sp³-hybridized carbons (Fsp3) is 0.433. The first kappa shape index (κ1) is 25.1. The van der Waals surface area contributed by atoms with E-state index in [0.717, 1.165) is 39.2 Å². The highest BCUT2D eigenvalue weighted by molar-refractivity contribution is 7.16. The summed E-state index contributed by atoms with van der Waals surface area (Å²) in [4.78, 5) is 32.1. The maximum atomic E-state index is 14.0. The summed E-state index contributed by atoms with van der Waals surface area (Å²) >= 11 is 1.56. The second-order valence-electron chi connectivity index (χ2n) is 10.4. The first-order valence-corrected chi connectivity index (χ1v) is 14.2. The molecule has 0 amide bonds. The number of carbonyl (C=O) groups excluding carboxylic acids is 2. The third-order valence-electron chi connectivity index (χ3n) is 8.22. The number of esters is 1. The molecule has 0 bridgehead atoms. The number of thiazole rings is 1. The summed E-state index contributed by atoms with van der Waals surface area (Å²) in [5, 5.41) is 3.57. The monoisotopic (exact) mass is 532 g/mol. The number of Topliss-reactive ketones (excluding diaryl/α,β-unsaturated/α-hetero) is 1. The van der Waals surface area contributed by atoms with Crippen LogP contribution in [0.2, 0.25) is 0 Å². The number of rotatable bonds is 5. The van der Waals surface area contributed by atoms with Gasteiger partial charge >= 0.3 is 5.97 Å². The van der Waals surface area contributed by atoms with Gasteiger partial charge in [0.15, 0.2) is 0 Å². The lowest BCUT2D eigenvalue weighted by Gasteiger charge is -2.45. The van der Waals surface area contributed by atoms with Crippen LogP contribution in [0, 0.1) is 5.92 Å². The van der Waals surface area contributed by atoms with E-state index in [4.69, 9.17) is 14.2 Å². The van der Waals surface area contributed by atoms with E-state index in [9.17, 15) is 9.59 Å². The van der Waals surface area contributed by atoms with Crippen LogP contribution in [0.15, 0.2) is 59.2 Å². The number of aromatic nitrogens is 1. The van der Waals surface area contributed by atoms with E-state index >= 15 is 0 Å². The molecule has 0 radical (unpaired) electrons. The zero-order chi connectivity index (χ0) is 26.2. The molecule has 7 nitrogen and oxygen atoms in total. The summed E-state index contributed by atoms with van der Waals surface area (Å²) in [5.74, 6) is -0.0869. The Bertz CT molecular complexity index is 1390. The molecule has 1 N–H and O–H groups in total. The van der Waals surface area contributed by atoms with Gasteiger partial charge < -0.3 is 19.5 Å². The Labute approximate surface area is 226 Å². The number of methoxy groups -OCH3 is 1. The van der Waals surface area contributed by atoms with Crippen LogP contribution in [0.4, 0.5) is 0 Å². The van der Waals surface area contributed by atoms with Crippen molar-refractivity contribution in [1.82, 2.24) is 10.3 Å². The maximum absolute atomic E-state index is 14.0. The van der Waals surface area contributed by atoms with Gasteiger partial charge in [0, 0.05) is 42.8 Å². The summed E-state index contributed by atoms with van der Waals surface area (Å²) < 4.78 is 18.1. The molecule has 1 saturated heterocycles. The minimum atomic E-state index is -0.383. The van der Waals surface area contributed by atoms with Crippen molar-refractivity contribution >= 4 is 33.3 Å². The molecule has 4 atom stereocenters. The second-order valence-corrected chi connectivity index (χ2v) is 11.3. The minimum Gasteiger partial charge on any atom is -0.496 e. The molecular weight excluding hydrogens is 500 g/mol. The van der Waals surface area contributed by atoms with Crippen molar-refractivity contribution in [2.24, 2.45) is 5.92 Å². The van der Waals surface area contributed by atoms with Gasteiger partial charge in [0.1, 0.15) is 17.6 Å². The predicted octanol–water partition coefficient (Wildman–Crippen LogP) is 5.12. The summed E-state index contributed by atoms with van der Waals surface area (Å²) in [6.45, 7) is 3.12. The summed E-state index contributed by atoms with van der Waals surface area (Å²) in [5.41, 5.74) is 6.10. The Morgan fingerprint density at radius 2 is 1.97 bits per heavy atom. The molecule has 1 aromatic heterocycles. The topological polar surface area (TPSA) is 86.8 Å². The Morgan fingerprint density at radius 3 is 2.79 bits per heavy atom. The van der Waals surface area contributed by atoms with Crippen molar-refractivity contribution < 1.29 is 23.8 Å². The van der Waals surface area contributed by atoms with Crippen LogP contribution in [0.25, 0.3) is 10.2 Å². The summed E-state index contributed by atoms with van der Waals surface area (Å²) in [7, 11) is 1.67. The molecule has 1 aliphatic carbocycles. The largest absolute Gasteiger partial charge is 0.496 e. The number of carbonyl (C=O) groups is 2. The zero-order valence-corrected chi connectivity index (χ0v) is 22.5. The average Bonchev–Trinajstić information content (AvgIpc) is 3.40. The van der Waals surface area contributed by atoms with Gasteiger partial charge in [0.05, 0.1) is 41.6 Å². The van der Waals surface area contributed by atoms with Crippen molar-refractivity contribution in [2.45, 2.75) is 56.6 Å². The Kier molecular flexibility index (Phi) is 6.93. The molecule has 3 heterocycles. The van der Waals surface area contributed by atoms with Gasteiger partial charge in [0.2, 0.25) is 0 Å². The number of benzene rings is 2. The molecule has 2 fully saturated rings. The quantitative estimate of drug-likeness (QED) is 0.457. The second kappa shape index (κ2) is 10.5. The number of nitrogens with one attached hydrogen (secondary N) is 1. The predicted molar refractivity (Wildman–Crippen MR) is 145 cm³/mol. The minimum absolute atomic E-state index is 0.0422. The number of fused-ring (bicyclic) bond motifs is 2. The third-order valence-corrected chi connectivity index (χ3v) is 9.01. The van der Waals surface area contributed by atoms with Gasteiger partial charge in [-0.25, -0.2) is 9.78 Å². The number of hydrogen-bond donors (Lipinski definition) is 1. The molecule has 2 unspecified atom stereocenters. The van der Waals surface area contributed by atoms with Crippen LogP contribution in [0.3, 0.4) is 0 Å². The van der Waals surface area contributed by atoms with Gasteiger partial charge in [-0.3, -0.25) is 4.79 Å². The first-order valence-electron chi connectivity index (χ1n) is 13.3. The van der Waals surface area contributed by atoms with E-state index in [-0.39, 0.29) is 41.7 Å². The third kappa shape index (κ3) is 4.60. The Balaban J connectivity index is 1.39. The van der Waals surface area contributed by atoms with Crippen molar-refractivity contribution in [3.8, 4) is 5.75 Å². The van der Waals surface area contributed by atoms with E-state index in [1.165, 1.54) is 0 Å². The van der Waals surface area contributed by atoms with E-state index in [1.807, 2.05) is 42.8 Å². The Hall–Kier alpha value is -3.23. The molecule has 2 aliphatic heterocycles. The molecule has 3 aromatic rings. The van der Waals surface area contributed by atoms with Crippen LogP contribution in [0.1, 0.15) is 55.6 Å². The number of allylic oxidation sites excluding steroid dienone is 1. The molecule has 38 heavy (non-hydrogen) atoms. The van der Waals surface area contributed by atoms with Gasteiger partial charge in [-0.1, -0.05) is 24.3 Å². The van der Waals surface area contributed by atoms with E-state index < -0.39 is 0 Å².